The summed E-state index contributed by atoms with van der Waals surface area (Å²) in [5.74, 6) is -0.255. The summed E-state index contributed by atoms with van der Waals surface area (Å²) in [4.78, 5) is 7.90. The van der Waals surface area contributed by atoms with Crippen molar-refractivity contribution in [2.45, 2.75) is 20.4 Å². The van der Waals surface area contributed by atoms with Crippen LogP contribution in [-0.4, -0.2) is 26.7 Å². The maximum absolute atomic E-state index is 13.9. The molecule has 5 nitrogen and oxygen atoms in total. The third kappa shape index (κ3) is 4.63. The first-order chi connectivity index (χ1) is 17.6. The number of benzene rings is 2. The van der Waals surface area contributed by atoms with E-state index in [0.717, 1.165) is 73.8 Å². The largest absolute Gasteiger partial charge is 0.353 e. The first-order valence-corrected chi connectivity index (χ1v) is 12.0. The van der Waals surface area contributed by atoms with Crippen LogP contribution in [0.5, 0.6) is 0 Å². The van der Waals surface area contributed by atoms with Gasteiger partial charge in [-0.25, -0.2) is 4.39 Å². The van der Waals surface area contributed by atoms with Crippen LogP contribution in [0.3, 0.4) is 0 Å². The zero-order valence-electron chi connectivity index (χ0n) is 20.4. The second kappa shape index (κ2) is 10.1. The zero-order chi connectivity index (χ0) is 25.1. The highest BCUT2D eigenvalue weighted by Crippen LogP contribution is 2.31. The van der Waals surface area contributed by atoms with Gasteiger partial charge in [-0.15, -0.1) is 0 Å². The quantitative estimate of drug-likeness (QED) is 0.303. The van der Waals surface area contributed by atoms with E-state index < -0.39 is 0 Å². The summed E-state index contributed by atoms with van der Waals surface area (Å²) in [5.41, 5.74) is 7.35. The number of rotatable bonds is 7. The molecule has 5 aromatic rings. The summed E-state index contributed by atoms with van der Waals surface area (Å²) >= 11 is 0. The van der Waals surface area contributed by atoms with Crippen LogP contribution in [0, 0.1) is 5.82 Å². The summed E-state index contributed by atoms with van der Waals surface area (Å²) in [5, 5.41) is 14.0. The van der Waals surface area contributed by atoms with Gasteiger partial charge in [0.05, 0.1) is 11.0 Å². The SMILES string of the molecule is C=C(/C=c1/c(-c2cc3c(-c4cccc(F)c4)cccc3[nH]2)n[nH]/c1=C/C)c1cncc(CNCC)c1. The second-order valence-electron chi connectivity index (χ2n) is 8.68. The van der Waals surface area contributed by atoms with E-state index in [1.807, 2.05) is 55.7 Å². The lowest BCUT2D eigenvalue weighted by Crippen LogP contribution is -2.23. The molecule has 0 amide bonds. The molecule has 36 heavy (non-hydrogen) atoms. The standard InChI is InChI=1S/C30H28FN5/c1-4-27-26(12-19(3)22-13-20(16-32-5-2)17-33-18-22)30(36-35-27)29-15-25-24(10-7-11-28(25)34-29)21-8-6-9-23(31)14-21/h4,6-15,17-18,32,34-35H,3,5,16H2,1-2H3/b26-12+,27-4+. The van der Waals surface area contributed by atoms with Crippen molar-refractivity contribution >= 4 is 28.6 Å². The van der Waals surface area contributed by atoms with E-state index in [2.05, 4.69) is 51.1 Å². The molecule has 6 heteroatoms. The molecule has 0 aliphatic rings. The number of hydrogen-bond acceptors (Lipinski definition) is 3. The molecule has 0 fully saturated rings. The van der Waals surface area contributed by atoms with Crippen molar-refractivity contribution in [1.82, 2.24) is 25.5 Å². The van der Waals surface area contributed by atoms with Crippen molar-refractivity contribution in [2.75, 3.05) is 6.54 Å². The van der Waals surface area contributed by atoms with Gasteiger partial charge in [0.1, 0.15) is 11.5 Å². The van der Waals surface area contributed by atoms with Gasteiger partial charge in [-0.3, -0.25) is 10.1 Å². The van der Waals surface area contributed by atoms with Crippen molar-refractivity contribution in [3.63, 3.8) is 0 Å². The molecular formula is C30H28FN5. The lowest BCUT2D eigenvalue weighted by molar-refractivity contribution is 0.628. The Morgan fingerprint density at radius 1 is 1.11 bits per heavy atom. The fraction of sp³-hybridized carbons (Fsp3) is 0.133. The van der Waals surface area contributed by atoms with Crippen LogP contribution in [0.4, 0.5) is 4.39 Å². The Morgan fingerprint density at radius 2 is 1.97 bits per heavy atom. The molecule has 0 bridgehead atoms. The fourth-order valence-corrected chi connectivity index (χ4v) is 4.41. The van der Waals surface area contributed by atoms with Gasteiger partial charge in [0.25, 0.3) is 0 Å². The summed E-state index contributed by atoms with van der Waals surface area (Å²) in [6, 6.07) is 16.8. The van der Waals surface area contributed by atoms with E-state index >= 15 is 0 Å². The predicted octanol–water partition coefficient (Wildman–Crippen LogP) is 5.16. The number of aromatic amines is 2. The number of halogens is 1. The Balaban J connectivity index is 1.60. The monoisotopic (exact) mass is 477 g/mol. The number of hydrogen-bond donors (Lipinski definition) is 3. The number of fused-ring (bicyclic) bond motifs is 1. The molecule has 0 aliphatic heterocycles. The minimum absolute atomic E-state index is 0.255. The Hall–Kier alpha value is -4.29. The van der Waals surface area contributed by atoms with Crippen LogP contribution < -0.4 is 15.9 Å². The first-order valence-electron chi connectivity index (χ1n) is 12.0. The third-order valence-corrected chi connectivity index (χ3v) is 6.24. The summed E-state index contributed by atoms with van der Waals surface area (Å²) in [6.07, 6.45) is 7.74. The highest BCUT2D eigenvalue weighted by molar-refractivity contribution is 5.98. The third-order valence-electron chi connectivity index (χ3n) is 6.24. The molecule has 0 spiro atoms. The molecule has 0 radical (unpaired) electrons. The number of H-pyrrole nitrogens is 2. The van der Waals surface area contributed by atoms with Crippen LogP contribution in [0.2, 0.25) is 0 Å². The van der Waals surface area contributed by atoms with Crippen molar-refractivity contribution in [1.29, 1.82) is 0 Å². The number of nitrogens with zero attached hydrogens (tertiary/aromatic N) is 2. The van der Waals surface area contributed by atoms with E-state index in [1.54, 1.807) is 12.1 Å². The van der Waals surface area contributed by atoms with Gasteiger partial charge in [0.2, 0.25) is 0 Å². The van der Waals surface area contributed by atoms with Crippen molar-refractivity contribution in [2.24, 2.45) is 0 Å². The van der Waals surface area contributed by atoms with Crippen molar-refractivity contribution < 1.29 is 4.39 Å². The van der Waals surface area contributed by atoms with E-state index in [9.17, 15) is 4.39 Å². The van der Waals surface area contributed by atoms with Crippen molar-refractivity contribution in [3.05, 3.63) is 101 Å². The minimum Gasteiger partial charge on any atom is -0.353 e. The molecule has 3 aromatic heterocycles. The average molecular weight is 478 g/mol. The number of aromatic nitrogens is 4. The maximum Gasteiger partial charge on any atom is 0.123 e. The molecular weight excluding hydrogens is 449 g/mol. The van der Waals surface area contributed by atoms with Crippen molar-refractivity contribution in [3.8, 4) is 22.5 Å². The van der Waals surface area contributed by atoms with Crippen LogP contribution in [-0.2, 0) is 6.54 Å². The lowest BCUT2D eigenvalue weighted by atomic mass is 10.0. The van der Waals surface area contributed by atoms with Gasteiger partial charge in [-0.2, -0.15) is 5.10 Å². The molecule has 180 valence electrons. The van der Waals surface area contributed by atoms with Gasteiger partial charge in [0.15, 0.2) is 0 Å². The summed E-state index contributed by atoms with van der Waals surface area (Å²) in [7, 11) is 0. The Kier molecular flexibility index (Phi) is 6.60. The van der Waals surface area contributed by atoms with Gasteiger partial charge in [0, 0.05) is 35.1 Å². The van der Waals surface area contributed by atoms with E-state index in [-0.39, 0.29) is 5.82 Å². The summed E-state index contributed by atoms with van der Waals surface area (Å²) in [6.45, 7) is 10.0. The van der Waals surface area contributed by atoms with E-state index in [0.29, 0.717) is 0 Å². The molecule has 2 aromatic carbocycles. The topological polar surface area (TPSA) is 69.4 Å². The average Bonchev–Trinajstić information content (AvgIpc) is 3.51. The highest BCUT2D eigenvalue weighted by atomic mass is 19.1. The van der Waals surface area contributed by atoms with Gasteiger partial charge < -0.3 is 10.3 Å². The number of nitrogens with one attached hydrogen (secondary N) is 3. The minimum atomic E-state index is -0.255. The molecule has 0 aliphatic carbocycles. The van der Waals surface area contributed by atoms with Crippen LogP contribution in [0.25, 0.3) is 51.1 Å². The predicted molar refractivity (Wildman–Crippen MR) is 146 cm³/mol. The van der Waals surface area contributed by atoms with Crippen LogP contribution in [0.15, 0.2) is 73.6 Å². The highest BCUT2D eigenvalue weighted by Gasteiger charge is 2.13. The van der Waals surface area contributed by atoms with Crippen LogP contribution in [0.1, 0.15) is 25.0 Å². The maximum atomic E-state index is 13.9. The number of allylic oxidation sites excluding steroid dienone is 1. The smallest absolute Gasteiger partial charge is 0.123 e. The van der Waals surface area contributed by atoms with Gasteiger partial charge in [-0.1, -0.05) is 43.8 Å². The Morgan fingerprint density at radius 3 is 2.78 bits per heavy atom. The zero-order valence-corrected chi connectivity index (χ0v) is 20.4. The normalized spacial score (nSPS) is 12.5. The van der Waals surface area contributed by atoms with E-state index in [1.165, 1.54) is 6.07 Å². The van der Waals surface area contributed by atoms with Gasteiger partial charge >= 0.3 is 0 Å². The molecule has 3 heterocycles. The lowest BCUT2D eigenvalue weighted by Gasteiger charge is -2.05. The second-order valence-corrected chi connectivity index (χ2v) is 8.68. The molecule has 0 saturated carbocycles. The molecule has 0 saturated heterocycles. The molecule has 0 unspecified atom stereocenters. The van der Waals surface area contributed by atoms with E-state index in [4.69, 9.17) is 0 Å². The first kappa shape index (κ1) is 23.5. The van der Waals surface area contributed by atoms with Crippen LogP contribution >= 0.6 is 0 Å². The van der Waals surface area contributed by atoms with Gasteiger partial charge in [-0.05, 0) is 77.7 Å². The summed E-state index contributed by atoms with van der Waals surface area (Å²) < 4.78 is 13.9. The fourth-order valence-electron chi connectivity index (χ4n) is 4.41. The Labute approximate surface area is 209 Å². The Bertz CT molecular complexity index is 1680. The molecule has 3 N–H and O–H groups in total. The number of pyridine rings is 1. The molecule has 5 rings (SSSR count). The molecule has 0 atom stereocenters.